The van der Waals surface area contributed by atoms with Gasteiger partial charge < -0.3 is 24.9 Å². The number of furan rings is 1. The van der Waals surface area contributed by atoms with E-state index in [1.54, 1.807) is 42.5 Å². The predicted molar refractivity (Wildman–Crippen MR) is 132 cm³/mol. The molecule has 8 nitrogen and oxygen atoms in total. The van der Waals surface area contributed by atoms with Crippen molar-refractivity contribution in [2.45, 2.75) is 31.5 Å². The fraction of sp³-hybridized carbons (Fsp3) is 0.179. The summed E-state index contributed by atoms with van der Waals surface area (Å²) in [5.74, 6) is -3.99. The molecule has 38 heavy (non-hydrogen) atoms. The maximum absolute atomic E-state index is 14.0. The number of rotatable bonds is 7. The maximum Gasteiger partial charge on any atom is 0.326 e. The Hall–Kier alpha value is -4.73. The number of primary amides is 1. The fourth-order valence-electron chi connectivity index (χ4n) is 4.75. The molecule has 194 valence electrons. The molecule has 0 spiro atoms. The lowest BCUT2D eigenvalue weighted by Gasteiger charge is -2.26. The zero-order valence-electron chi connectivity index (χ0n) is 19.9. The number of carbonyl (C=O) groups excluding carboxylic acids is 2. The second kappa shape index (κ2) is 9.97. The second-order valence-corrected chi connectivity index (χ2v) is 8.96. The SMILES string of the molecule is NC(=O)C1CCC(C(=O)O)N1C(=O)c1cccc(COc2ccc(-c3cc(F)c(F)c4ccoc34)cc2)c1. The highest BCUT2D eigenvalue weighted by Crippen LogP contribution is 2.34. The van der Waals surface area contributed by atoms with E-state index in [-0.39, 0.29) is 36.0 Å². The van der Waals surface area contributed by atoms with Crippen LogP contribution in [0.15, 0.2) is 71.3 Å². The van der Waals surface area contributed by atoms with Crippen molar-refractivity contribution in [2.24, 2.45) is 5.73 Å². The zero-order chi connectivity index (χ0) is 27.0. The van der Waals surface area contributed by atoms with Crippen LogP contribution in [0.1, 0.15) is 28.8 Å². The number of likely N-dealkylation sites (tertiary alicyclic amines) is 1. The van der Waals surface area contributed by atoms with Crippen LogP contribution in [-0.2, 0) is 16.2 Å². The van der Waals surface area contributed by atoms with Gasteiger partial charge in [-0.05, 0) is 60.4 Å². The van der Waals surface area contributed by atoms with E-state index in [2.05, 4.69) is 0 Å². The van der Waals surface area contributed by atoms with Gasteiger partial charge in [-0.3, -0.25) is 9.59 Å². The molecular weight excluding hydrogens is 498 g/mol. The molecule has 5 rings (SSSR count). The molecule has 0 bridgehead atoms. The van der Waals surface area contributed by atoms with Crippen LogP contribution >= 0.6 is 0 Å². The number of aliphatic carboxylic acids is 1. The minimum atomic E-state index is -1.19. The second-order valence-electron chi connectivity index (χ2n) is 8.96. The molecule has 2 amide bonds. The van der Waals surface area contributed by atoms with E-state index in [1.165, 1.54) is 18.4 Å². The number of nitrogens with two attached hydrogens (primary N) is 1. The van der Waals surface area contributed by atoms with Gasteiger partial charge in [-0.25, -0.2) is 13.6 Å². The Balaban J connectivity index is 1.31. The first kappa shape index (κ1) is 24.9. The minimum Gasteiger partial charge on any atom is -0.489 e. The monoisotopic (exact) mass is 520 g/mol. The van der Waals surface area contributed by atoms with Gasteiger partial charge in [0.25, 0.3) is 5.91 Å². The molecule has 0 radical (unpaired) electrons. The van der Waals surface area contributed by atoms with Crippen molar-refractivity contribution in [1.29, 1.82) is 0 Å². The third-order valence-corrected chi connectivity index (χ3v) is 6.60. The summed E-state index contributed by atoms with van der Waals surface area (Å²) in [6.07, 6.45) is 1.63. The highest BCUT2D eigenvalue weighted by molar-refractivity contribution is 6.00. The molecule has 1 aliphatic rings. The number of ether oxygens (including phenoxy) is 1. The van der Waals surface area contributed by atoms with Crippen molar-refractivity contribution in [3.05, 3.63) is 89.7 Å². The van der Waals surface area contributed by atoms with Gasteiger partial charge in [-0.2, -0.15) is 0 Å². The van der Waals surface area contributed by atoms with E-state index >= 15 is 0 Å². The minimum absolute atomic E-state index is 0.0560. The van der Waals surface area contributed by atoms with Gasteiger partial charge in [0.2, 0.25) is 5.91 Å². The Kier molecular flexibility index (Phi) is 6.54. The molecule has 1 aromatic heterocycles. The molecule has 0 aliphatic carbocycles. The van der Waals surface area contributed by atoms with Gasteiger partial charge in [0, 0.05) is 11.1 Å². The number of fused-ring (bicyclic) bond motifs is 1. The van der Waals surface area contributed by atoms with Crippen molar-refractivity contribution in [3.8, 4) is 16.9 Å². The Morgan fingerprint density at radius 3 is 2.47 bits per heavy atom. The van der Waals surface area contributed by atoms with Crippen LogP contribution < -0.4 is 10.5 Å². The molecule has 1 saturated heterocycles. The molecule has 0 saturated carbocycles. The Morgan fingerprint density at radius 2 is 1.76 bits per heavy atom. The van der Waals surface area contributed by atoms with Gasteiger partial charge >= 0.3 is 5.97 Å². The van der Waals surface area contributed by atoms with Crippen LogP contribution in [0, 0.1) is 11.6 Å². The number of carboxylic acid groups (broad SMARTS) is 1. The number of carbonyl (C=O) groups is 3. The number of halogens is 2. The topological polar surface area (TPSA) is 123 Å². The highest BCUT2D eigenvalue weighted by Gasteiger charge is 2.43. The number of amides is 2. The molecule has 3 aromatic carbocycles. The molecule has 2 unspecified atom stereocenters. The first-order valence-corrected chi connectivity index (χ1v) is 11.8. The van der Waals surface area contributed by atoms with E-state index in [9.17, 15) is 28.3 Å². The first-order chi connectivity index (χ1) is 18.2. The summed E-state index contributed by atoms with van der Waals surface area (Å²) in [6.45, 7) is 0.0929. The molecule has 3 N–H and O–H groups in total. The summed E-state index contributed by atoms with van der Waals surface area (Å²) in [6, 6.07) is 13.5. The molecule has 1 fully saturated rings. The van der Waals surface area contributed by atoms with Gasteiger partial charge in [0.15, 0.2) is 11.6 Å². The summed E-state index contributed by atoms with van der Waals surface area (Å²) in [7, 11) is 0. The van der Waals surface area contributed by atoms with Crippen LogP contribution in [-0.4, -0.2) is 39.9 Å². The normalized spacial score (nSPS) is 17.1. The maximum atomic E-state index is 14.0. The standard InChI is InChI=1S/C28H22F2N2O6/c29-21-13-20(25-19(24(21)30)10-11-37-25)16-4-6-18(7-5-16)38-14-15-2-1-3-17(12-15)27(34)32-22(26(31)33)8-9-23(32)28(35)36/h1-7,10-13,22-23H,8-9,14H2,(H2,31,33)(H,35,36). The largest absolute Gasteiger partial charge is 0.489 e. The zero-order valence-corrected chi connectivity index (χ0v) is 19.9. The summed E-state index contributed by atoms with van der Waals surface area (Å²) in [5, 5.41) is 9.55. The van der Waals surface area contributed by atoms with Crippen LogP contribution in [0.5, 0.6) is 5.75 Å². The lowest BCUT2D eigenvalue weighted by atomic mass is 10.0. The van der Waals surface area contributed by atoms with Crippen molar-refractivity contribution >= 4 is 28.8 Å². The molecule has 1 aliphatic heterocycles. The summed E-state index contributed by atoms with van der Waals surface area (Å²) in [4.78, 5) is 37.6. The van der Waals surface area contributed by atoms with Gasteiger partial charge in [-0.1, -0.05) is 24.3 Å². The molecule has 2 heterocycles. The molecule has 10 heteroatoms. The quantitative estimate of drug-likeness (QED) is 0.370. The van der Waals surface area contributed by atoms with Gasteiger partial charge in [0.05, 0.1) is 11.6 Å². The van der Waals surface area contributed by atoms with Crippen molar-refractivity contribution < 1.29 is 37.4 Å². The molecular formula is C28H22F2N2O6. The molecule has 2 atom stereocenters. The summed E-state index contributed by atoms with van der Waals surface area (Å²) >= 11 is 0. The van der Waals surface area contributed by atoms with Crippen molar-refractivity contribution in [1.82, 2.24) is 4.90 Å². The third-order valence-electron chi connectivity index (χ3n) is 6.60. The predicted octanol–water partition coefficient (Wildman–Crippen LogP) is 4.50. The smallest absolute Gasteiger partial charge is 0.326 e. The number of carboxylic acids is 1. The van der Waals surface area contributed by atoms with Crippen LogP contribution in [0.3, 0.4) is 0 Å². The number of hydrogen-bond donors (Lipinski definition) is 2. The van der Waals surface area contributed by atoms with Crippen LogP contribution in [0.25, 0.3) is 22.1 Å². The Labute approximate surface area is 215 Å². The van der Waals surface area contributed by atoms with E-state index in [0.29, 0.717) is 22.4 Å². The lowest BCUT2D eigenvalue weighted by Crippen LogP contribution is -2.49. The Bertz CT molecular complexity index is 1530. The lowest BCUT2D eigenvalue weighted by molar-refractivity contribution is -0.142. The van der Waals surface area contributed by atoms with Crippen LogP contribution in [0.4, 0.5) is 8.78 Å². The number of benzene rings is 3. The van der Waals surface area contributed by atoms with Gasteiger partial charge in [0.1, 0.15) is 30.0 Å². The van der Waals surface area contributed by atoms with Gasteiger partial charge in [-0.15, -0.1) is 0 Å². The molecule has 4 aromatic rings. The Morgan fingerprint density at radius 1 is 1.03 bits per heavy atom. The average Bonchev–Trinajstić information content (AvgIpc) is 3.58. The fourth-order valence-corrected chi connectivity index (χ4v) is 4.75. The van der Waals surface area contributed by atoms with Crippen molar-refractivity contribution in [2.75, 3.05) is 0 Å². The van der Waals surface area contributed by atoms with E-state index in [4.69, 9.17) is 14.9 Å². The number of hydrogen-bond acceptors (Lipinski definition) is 5. The highest BCUT2D eigenvalue weighted by atomic mass is 19.2. The van der Waals surface area contributed by atoms with E-state index < -0.39 is 41.5 Å². The van der Waals surface area contributed by atoms with E-state index in [0.717, 1.165) is 11.0 Å². The average molecular weight is 520 g/mol. The summed E-state index contributed by atoms with van der Waals surface area (Å²) < 4.78 is 39.2. The summed E-state index contributed by atoms with van der Waals surface area (Å²) in [5.41, 5.74) is 7.49. The van der Waals surface area contributed by atoms with E-state index in [1.807, 2.05) is 0 Å². The van der Waals surface area contributed by atoms with Crippen LogP contribution in [0.2, 0.25) is 0 Å². The third kappa shape index (κ3) is 4.56. The number of nitrogens with zero attached hydrogens (tertiary/aromatic N) is 1. The first-order valence-electron chi connectivity index (χ1n) is 11.8. The van der Waals surface area contributed by atoms with Crippen molar-refractivity contribution in [3.63, 3.8) is 0 Å².